The van der Waals surface area contributed by atoms with Crippen molar-refractivity contribution in [3.8, 4) is 0 Å². The molecule has 6 nitrogen and oxygen atoms in total. The largest absolute Gasteiger partial charge is 0.361 e. The average molecular weight is 387 g/mol. The maximum absolute atomic E-state index is 12.9. The van der Waals surface area contributed by atoms with Crippen molar-refractivity contribution in [1.29, 1.82) is 0 Å². The van der Waals surface area contributed by atoms with Crippen molar-refractivity contribution in [3.63, 3.8) is 0 Å². The van der Waals surface area contributed by atoms with Crippen molar-refractivity contribution < 1.29 is 14.8 Å². The molecule has 2 aromatic carbocycles. The maximum Gasteiger partial charge on any atom is 0.267 e. The molecule has 0 atom stereocenters. The van der Waals surface area contributed by atoms with E-state index in [2.05, 4.69) is 10.3 Å². The Balaban J connectivity index is 1.67. The first-order chi connectivity index (χ1) is 14.1. The van der Waals surface area contributed by atoms with Crippen molar-refractivity contribution in [3.05, 3.63) is 77.5 Å². The Kier molecular flexibility index (Phi) is 5.27. The Bertz CT molecular complexity index is 1110. The minimum Gasteiger partial charge on any atom is -0.361 e. The summed E-state index contributed by atoms with van der Waals surface area (Å²) < 4.78 is 0. The highest BCUT2D eigenvalue weighted by Crippen LogP contribution is 2.28. The van der Waals surface area contributed by atoms with E-state index in [0.717, 1.165) is 40.4 Å². The fourth-order valence-corrected chi connectivity index (χ4v) is 3.13. The summed E-state index contributed by atoms with van der Waals surface area (Å²) in [4.78, 5) is 27.3. The summed E-state index contributed by atoms with van der Waals surface area (Å²) in [5, 5.41) is 12.6. The van der Waals surface area contributed by atoms with Gasteiger partial charge in [-0.2, -0.15) is 0 Å². The second-order valence-electron chi connectivity index (χ2n) is 7.03. The minimum absolute atomic E-state index is 0.0826. The van der Waals surface area contributed by atoms with Crippen LogP contribution in [0.3, 0.4) is 0 Å². The van der Waals surface area contributed by atoms with Crippen molar-refractivity contribution in [2.75, 3.05) is 0 Å². The van der Waals surface area contributed by atoms with Crippen LogP contribution < -0.4 is 10.8 Å². The molecule has 6 heteroatoms. The quantitative estimate of drug-likeness (QED) is 0.296. The summed E-state index contributed by atoms with van der Waals surface area (Å²) in [6.45, 7) is 0. The van der Waals surface area contributed by atoms with Crippen molar-refractivity contribution >= 4 is 40.4 Å². The van der Waals surface area contributed by atoms with E-state index in [1.807, 2.05) is 60.8 Å². The van der Waals surface area contributed by atoms with Gasteiger partial charge in [-0.15, -0.1) is 0 Å². The Hall–Kier alpha value is -3.64. The lowest BCUT2D eigenvalue weighted by atomic mass is 10.0. The van der Waals surface area contributed by atoms with Crippen molar-refractivity contribution in [1.82, 2.24) is 15.8 Å². The van der Waals surface area contributed by atoms with Gasteiger partial charge >= 0.3 is 0 Å². The molecule has 29 heavy (non-hydrogen) atoms. The molecular weight excluding hydrogens is 366 g/mol. The molecule has 4 N–H and O–H groups in total. The van der Waals surface area contributed by atoms with Crippen LogP contribution in [0, 0.1) is 0 Å². The molecule has 3 aromatic rings. The molecule has 1 fully saturated rings. The van der Waals surface area contributed by atoms with Crippen LogP contribution in [0.25, 0.3) is 28.6 Å². The molecule has 4 rings (SSSR count). The van der Waals surface area contributed by atoms with Gasteiger partial charge in [-0.05, 0) is 42.2 Å². The monoisotopic (exact) mass is 387 g/mol. The van der Waals surface area contributed by atoms with Crippen LogP contribution in [0.2, 0.25) is 0 Å². The highest BCUT2D eigenvalue weighted by Gasteiger charge is 2.26. The standard InChI is InChI=1S/C23H21N3O3/c27-22(26-29)12-9-15-5-7-16(8-6-15)13-19(23(28)25-17-10-11-17)20-14-24-21-4-2-1-3-18(20)21/h1-9,12-14,17,24,29H,10-11H2,(H,25,28)(H,26,27). The van der Waals surface area contributed by atoms with Crippen LogP contribution >= 0.6 is 0 Å². The van der Waals surface area contributed by atoms with Crippen molar-refractivity contribution in [2.24, 2.45) is 0 Å². The molecule has 0 spiro atoms. The third-order valence-corrected chi connectivity index (χ3v) is 4.82. The van der Waals surface area contributed by atoms with Gasteiger partial charge < -0.3 is 10.3 Å². The molecule has 0 aliphatic heterocycles. The van der Waals surface area contributed by atoms with Gasteiger partial charge in [-0.1, -0.05) is 42.5 Å². The van der Waals surface area contributed by atoms with E-state index in [4.69, 9.17) is 5.21 Å². The highest BCUT2D eigenvalue weighted by molar-refractivity contribution is 6.27. The highest BCUT2D eigenvalue weighted by atomic mass is 16.5. The first kappa shape index (κ1) is 18.7. The Labute approximate surface area is 167 Å². The molecule has 1 aromatic heterocycles. The summed E-state index contributed by atoms with van der Waals surface area (Å²) in [5.41, 5.74) is 5.69. The average Bonchev–Trinajstić information content (AvgIpc) is 3.46. The molecule has 0 saturated heterocycles. The van der Waals surface area contributed by atoms with E-state index < -0.39 is 5.91 Å². The number of benzene rings is 2. The molecule has 1 aliphatic carbocycles. The number of aromatic nitrogens is 1. The van der Waals surface area contributed by atoms with E-state index in [-0.39, 0.29) is 11.9 Å². The number of hydroxylamine groups is 1. The second kappa shape index (κ2) is 8.16. The van der Waals surface area contributed by atoms with Crippen LogP contribution in [-0.4, -0.2) is 28.0 Å². The van der Waals surface area contributed by atoms with Gasteiger partial charge in [0.2, 0.25) is 0 Å². The fraction of sp³-hybridized carbons (Fsp3) is 0.130. The van der Waals surface area contributed by atoms with Gasteiger partial charge in [0.1, 0.15) is 0 Å². The number of hydrogen-bond donors (Lipinski definition) is 4. The number of carbonyl (C=O) groups is 2. The smallest absolute Gasteiger partial charge is 0.267 e. The van der Waals surface area contributed by atoms with Crippen molar-refractivity contribution in [2.45, 2.75) is 18.9 Å². The number of H-pyrrole nitrogens is 1. The fourth-order valence-electron chi connectivity index (χ4n) is 3.13. The predicted octanol–water partition coefficient (Wildman–Crippen LogP) is 3.51. The van der Waals surface area contributed by atoms with Gasteiger partial charge in [-0.3, -0.25) is 14.8 Å². The lowest BCUT2D eigenvalue weighted by Crippen LogP contribution is -2.26. The lowest BCUT2D eigenvalue weighted by Gasteiger charge is -2.08. The normalized spacial score (nSPS) is 14.3. The SMILES string of the molecule is O=C(C=Cc1ccc(C=C(C(=O)NC2CC2)c2c[nH]c3ccccc23)cc1)NO. The summed E-state index contributed by atoms with van der Waals surface area (Å²) in [5.74, 6) is -0.673. The minimum atomic E-state index is -0.590. The van der Waals surface area contributed by atoms with Crippen LogP contribution in [0.5, 0.6) is 0 Å². The van der Waals surface area contributed by atoms with Gasteiger partial charge in [-0.25, -0.2) is 5.48 Å². The van der Waals surface area contributed by atoms with Gasteiger partial charge in [0, 0.05) is 40.4 Å². The summed E-state index contributed by atoms with van der Waals surface area (Å²) in [6, 6.07) is 15.6. The topological polar surface area (TPSA) is 94.2 Å². The Morgan fingerprint density at radius 3 is 2.48 bits per heavy atom. The van der Waals surface area contributed by atoms with Crippen LogP contribution in [-0.2, 0) is 9.59 Å². The second-order valence-corrected chi connectivity index (χ2v) is 7.03. The van der Waals surface area contributed by atoms with Gasteiger partial charge in [0.05, 0.1) is 0 Å². The number of fused-ring (bicyclic) bond motifs is 1. The van der Waals surface area contributed by atoms with E-state index in [9.17, 15) is 9.59 Å². The number of para-hydroxylation sites is 1. The third kappa shape index (κ3) is 4.44. The summed E-state index contributed by atoms with van der Waals surface area (Å²) >= 11 is 0. The zero-order chi connectivity index (χ0) is 20.2. The Morgan fingerprint density at radius 1 is 1.03 bits per heavy atom. The summed E-state index contributed by atoms with van der Waals surface area (Å²) in [6.07, 6.45) is 8.63. The first-order valence-corrected chi connectivity index (χ1v) is 9.45. The predicted molar refractivity (Wildman–Crippen MR) is 113 cm³/mol. The van der Waals surface area contributed by atoms with E-state index >= 15 is 0 Å². The number of amides is 2. The molecule has 0 bridgehead atoms. The van der Waals surface area contributed by atoms with Gasteiger partial charge in [0.15, 0.2) is 0 Å². The maximum atomic E-state index is 12.9. The first-order valence-electron chi connectivity index (χ1n) is 9.45. The molecule has 146 valence electrons. The van der Waals surface area contributed by atoms with E-state index in [1.54, 1.807) is 11.6 Å². The van der Waals surface area contributed by atoms with Crippen LogP contribution in [0.1, 0.15) is 29.5 Å². The molecule has 1 aliphatic rings. The number of hydrogen-bond acceptors (Lipinski definition) is 3. The number of rotatable bonds is 6. The van der Waals surface area contributed by atoms with Gasteiger partial charge in [0.25, 0.3) is 11.8 Å². The van der Waals surface area contributed by atoms with Crippen LogP contribution in [0.15, 0.2) is 60.8 Å². The zero-order valence-corrected chi connectivity index (χ0v) is 15.7. The third-order valence-electron chi connectivity index (χ3n) is 4.82. The molecule has 0 radical (unpaired) electrons. The number of aromatic amines is 1. The Morgan fingerprint density at radius 2 is 1.76 bits per heavy atom. The summed E-state index contributed by atoms with van der Waals surface area (Å²) in [7, 11) is 0. The lowest BCUT2D eigenvalue weighted by molar-refractivity contribution is -0.124. The van der Waals surface area contributed by atoms with E-state index in [1.165, 1.54) is 6.08 Å². The molecule has 2 amide bonds. The molecule has 1 saturated carbocycles. The molecule has 1 heterocycles. The molecule has 0 unspecified atom stereocenters. The van der Waals surface area contributed by atoms with E-state index in [0.29, 0.717) is 5.57 Å². The number of nitrogens with one attached hydrogen (secondary N) is 3. The van der Waals surface area contributed by atoms with Crippen LogP contribution in [0.4, 0.5) is 0 Å². The number of carbonyl (C=O) groups excluding carboxylic acids is 2. The zero-order valence-electron chi connectivity index (χ0n) is 15.7. The molecular formula is C23H21N3O3.